The molecule has 1 N–H and O–H groups in total. The van der Waals surface area contributed by atoms with Crippen molar-refractivity contribution < 1.29 is 9.84 Å². The highest BCUT2D eigenvalue weighted by Gasteiger charge is 2.30. The number of para-hydroxylation sites is 1. The van der Waals surface area contributed by atoms with Gasteiger partial charge in [0.15, 0.2) is 0 Å². The van der Waals surface area contributed by atoms with Gasteiger partial charge in [0.05, 0.1) is 6.10 Å². The molecule has 2 aromatic rings. The highest BCUT2D eigenvalue weighted by atomic mass is 35.5. The summed E-state index contributed by atoms with van der Waals surface area (Å²) in [6.45, 7) is 0. The lowest BCUT2D eigenvalue weighted by atomic mass is 9.95. The predicted octanol–water partition coefficient (Wildman–Crippen LogP) is 4.55. The Morgan fingerprint density at radius 3 is 2.42 bits per heavy atom. The lowest BCUT2D eigenvalue weighted by molar-refractivity contribution is 0.0658. The molecule has 2 unspecified atom stereocenters. The molecule has 0 radical (unpaired) electrons. The van der Waals surface area contributed by atoms with E-state index in [-0.39, 0.29) is 6.10 Å². The summed E-state index contributed by atoms with van der Waals surface area (Å²) in [4.78, 5) is 0. The van der Waals surface area contributed by atoms with Gasteiger partial charge in [-0.2, -0.15) is 0 Å². The average Bonchev–Trinajstić information content (AvgIpc) is 2.38. The van der Waals surface area contributed by atoms with Crippen LogP contribution in [0, 0.1) is 0 Å². The Hall–Kier alpha value is -1.22. The Labute approximate surface area is 121 Å². The van der Waals surface area contributed by atoms with Gasteiger partial charge < -0.3 is 9.84 Å². The van der Waals surface area contributed by atoms with E-state index in [4.69, 9.17) is 27.9 Å². The van der Waals surface area contributed by atoms with Gasteiger partial charge in [0.25, 0.3) is 0 Å². The molecule has 0 aromatic heterocycles. The fourth-order valence-corrected chi connectivity index (χ4v) is 3.03. The van der Waals surface area contributed by atoms with E-state index < -0.39 is 6.10 Å². The molecule has 1 heterocycles. The molecule has 1 aliphatic rings. The number of aliphatic hydroxyl groups is 1. The van der Waals surface area contributed by atoms with Gasteiger partial charge in [0, 0.05) is 27.6 Å². The normalized spacial score (nSPS) is 21.6. The van der Waals surface area contributed by atoms with Gasteiger partial charge >= 0.3 is 0 Å². The van der Waals surface area contributed by atoms with Crippen molar-refractivity contribution in [3.8, 4) is 5.75 Å². The van der Waals surface area contributed by atoms with Crippen molar-refractivity contribution in [3.05, 3.63) is 63.6 Å². The van der Waals surface area contributed by atoms with Gasteiger partial charge in [-0.15, -0.1) is 0 Å². The van der Waals surface area contributed by atoms with Gasteiger partial charge in [-0.05, 0) is 18.2 Å². The second kappa shape index (κ2) is 5.04. The van der Waals surface area contributed by atoms with Crippen molar-refractivity contribution in [1.29, 1.82) is 0 Å². The van der Waals surface area contributed by atoms with E-state index in [1.807, 2.05) is 24.3 Å². The minimum absolute atomic E-state index is 0.328. The lowest BCUT2D eigenvalue weighted by Gasteiger charge is -2.30. The SMILES string of the molecule is OC1CC(c2c(Cl)cccc2Cl)Oc2ccccc21. The summed E-state index contributed by atoms with van der Waals surface area (Å²) in [6, 6.07) is 12.8. The van der Waals surface area contributed by atoms with Crippen LogP contribution in [0.25, 0.3) is 0 Å². The number of hydrogen-bond donors (Lipinski definition) is 1. The minimum atomic E-state index is -0.567. The molecule has 0 aliphatic carbocycles. The van der Waals surface area contributed by atoms with E-state index in [1.165, 1.54) is 0 Å². The number of rotatable bonds is 1. The van der Waals surface area contributed by atoms with Crippen molar-refractivity contribution in [1.82, 2.24) is 0 Å². The van der Waals surface area contributed by atoms with Crippen LogP contribution >= 0.6 is 23.2 Å². The fourth-order valence-electron chi connectivity index (χ4n) is 2.39. The number of halogens is 2. The van der Waals surface area contributed by atoms with Crippen molar-refractivity contribution in [2.24, 2.45) is 0 Å². The second-order valence-electron chi connectivity index (χ2n) is 4.53. The highest BCUT2D eigenvalue weighted by molar-refractivity contribution is 6.36. The van der Waals surface area contributed by atoms with Crippen molar-refractivity contribution in [2.45, 2.75) is 18.6 Å². The Bertz CT molecular complexity index is 593. The quantitative estimate of drug-likeness (QED) is 0.836. The van der Waals surface area contributed by atoms with Gasteiger partial charge in [0.1, 0.15) is 11.9 Å². The van der Waals surface area contributed by atoms with Gasteiger partial charge in [0.2, 0.25) is 0 Å². The molecule has 0 spiro atoms. The summed E-state index contributed by atoms with van der Waals surface area (Å²) in [5.41, 5.74) is 1.54. The van der Waals surface area contributed by atoms with Crippen molar-refractivity contribution in [2.75, 3.05) is 0 Å². The highest BCUT2D eigenvalue weighted by Crippen LogP contribution is 2.44. The number of fused-ring (bicyclic) bond motifs is 1. The fraction of sp³-hybridized carbons (Fsp3) is 0.200. The second-order valence-corrected chi connectivity index (χ2v) is 5.35. The zero-order valence-electron chi connectivity index (χ0n) is 10.0. The molecule has 2 aromatic carbocycles. The number of aliphatic hydroxyl groups excluding tert-OH is 1. The maximum atomic E-state index is 10.2. The molecule has 0 bridgehead atoms. The molecular formula is C15H12Cl2O2. The standard InChI is InChI=1S/C15H12Cl2O2/c16-10-5-3-6-11(17)15(10)14-8-12(18)9-4-1-2-7-13(9)19-14/h1-7,12,14,18H,8H2. The minimum Gasteiger partial charge on any atom is -0.485 e. The monoisotopic (exact) mass is 294 g/mol. The summed E-state index contributed by atoms with van der Waals surface area (Å²) in [7, 11) is 0. The first-order valence-electron chi connectivity index (χ1n) is 6.04. The van der Waals surface area contributed by atoms with Gasteiger partial charge in [-0.3, -0.25) is 0 Å². The summed E-state index contributed by atoms with van der Waals surface area (Å²) in [6.07, 6.45) is -0.450. The van der Waals surface area contributed by atoms with Crippen molar-refractivity contribution in [3.63, 3.8) is 0 Å². The van der Waals surface area contributed by atoms with Crippen LogP contribution in [0.15, 0.2) is 42.5 Å². The Kier molecular flexibility index (Phi) is 3.40. The summed E-state index contributed by atoms with van der Waals surface area (Å²) in [5, 5.41) is 11.3. The largest absolute Gasteiger partial charge is 0.485 e. The molecule has 19 heavy (non-hydrogen) atoms. The van der Waals surface area contributed by atoms with Crippen LogP contribution in [0.3, 0.4) is 0 Å². The maximum absolute atomic E-state index is 10.2. The van der Waals surface area contributed by atoms with E-state index >= 15 is 0 Å². The predicted molar refractivity (Wildman–Crippen MR) is 75.8 cm³/mol. The Morgan fingerprint density at radius 1 is 1.00 bits per heavy atom. The zero-order chi connectivity index (χ0) is 13.4. The Morgan fingerprint density at radius 2 is 1.68 bits per heavy atom. The molecule has 2 nitrogen and oxygen atoms in total. The van der Waals surface area contributed by atoms with Crippen LogP contribution in [0.4, 0.5) is 0 Å². The van der Waals surface area contributed by atoms with E-state index in [9.17, 15) is 5.11 Å². The molecule has 0 amide bonds. The third-order valence-corrected chi connectivity index (χ3v) is 3.97. The molecule has 98 valence electrons. The van der Waals surface area contributed by atoms with Crippen LogP contribution in [0.1, 0.15) is 29.8 Å². The third kappa shape index (κ3) is 2.32. The molecule has 0 saturated carbocycles. The number of ether oxygens (including phenoxy) is 1. The number of benzene rings is 2. The topological polar surface area (TPSA) is 29.5 Å². The first kappa shape index (κ1) is 12.8. The van der Waals surface area contributed by atoms with Crippen LogP contribution in [0.2, 0.25) is 10.0 Å². The van der Waals surface area contributed by atoms with Gasteiger partial charge in [-0.1, -0.05) is 47.5 Å². The molecule has 0 saturated heterocycles. The molecule has 4 heteroatoms. The summed E-state index contributed by atoms with van der Waals surface area (Å²) >= 11 is 12.4. The molecular weight excluding hydrogens is 283 g/mol. The van der Waals surface area contributed by atoms with Crippen LogP contribution in [-0.4, -0.2) is 5.11 Å². The average molecular weight is 295 g/mol. The van der Waals surface area contributed by atoms with E-state index in [2.05, 4.69) is 0 Å². The first-order valence-corrected chi connectivity index (χ1v) is 6.80. The number of hydrogen-bond acceptors (Lipinski definition) is 2. The van der Waals surface area contributed by atoms with Crippen molar-refractivity contribution >= 4 is 23.2 Å². The molecule has 1 aliphatic heterocycles. The van der Waals surface area contributed by atoms with Crippen LogP contribution < -0.4 is 4.74 Å². The smallest absolute Gasteiger partial charge is 0.129 e. The summed E-state index contributed by atoms with van der Waals surface area (Å²) < 4.78 is 5.92. The maximum Gasteiger partial charge on any atom is 0.129 e. The Balaban J connectivity index is 2.02. The van der Waals surface area contributed by atoms with E-state index in [1.54, 1.807) is 18.2 Å². The summed E-state index contributed by atoms with van der Waals surface area (Å²) in [5.74, 6) is 0.683. The van der Waals surface area contributed by atoms with E-state index in [0.717, 1.165) is 11.1 Å². The van der Waals surface area contributed by atoms with Gasteiger partial charge in [-0.25, -0.2) is 0 Å². The lowest BCUT2D eigenvalue weighted by Crippen LogP contribution is -2.19. The molecule has 2 atom stereocenters. The van der Waals surface area contributed by atoms with Crippen LogP contribution in [0.5, 0.6) is 5.75 Å². The third-order valence-electron chi connectivity index (χ3n) is 3.31. The molecule has 3 rings (SSSR count). The molecule has 0 fully saturated rings. The first-order chi connectivity index (χ1) is 9.16. The van der Waals surface area contributed by atoms with Crippen LogP contribution in [-0.2, 0) is 0 Å². The zero-order valence-corrected chi connectivity index (χ0v) is 11.5. The van der Waals surface area contributed by atoms with E-state index in [0.29, 0.717) is 22.2 Å².